The smallest absolute Gasteiger partial charge is 0.328 e. The van der Waals surface area contributed by atoms with Crippen LogP contribution in [0.4, 0.5) is 5.69 Å². The number of benzene rings is 1. The maximum atomic E-state index is 11.7. The van der Waals surface area contributed by atoms with Crippen LogP contribution in [-0.4, -0.2) is 31.3 Å². The van der Waals surface area contributed by atoms with Gasteiger partial charge in [-0.1, -0.05) is 0 Å². The molecule has 1 aromatic carbocycles. The summed E-state index contributed by atoms with van der Waals surface area (Å²) in [5.74, 6) is -2.65. The molecule has 0 saturated heterocycles. The maximum Gasteiger partial charge on any atom is 0.328 e. The summed E-state index contributed by atoms with van der Waals surface area (Å²) >= 11 is 0. The highest BCUT2D eigenvalue weighted by Gasteiger charge is 2.15. The predicted octanol–water partition coefficient (Wildman–Crippen LogP) is 0.0907. The van der Waals surface area contributed by atoms with Crippen molar-refractivity contribution >= 4 is 33.5 Å². The van der Waals surface area contributed by atoms with Crippen molar-refractivity contribution in [1.29, 1.82) is 0 Å². The minimum atomic E-state index is -3.93. The van der Waals surface area contributed by atoms with Gasteiger partial charge in [-0.25, -0.2) is 17.9 Å². The number of carbonyl (C=O) groups excluding carboxylic acids is 2. The van der Waals surface area contributed by atoms with Crippen LogP contribution in [0.3, 0.4) is 0 Å². The number of hydrogen-bond donors (Lipinski definition) is 3. The fourth-order valence-electron chi connectivity index (χ4n) is 1.30. The number of hydrogen-bond acceptors (Lipinski definition) is 5. The lowest BCUT2D eigenvalue weighted by Gasteiger charge is -2.06. The molecule has 1 rings (SSSR count). The van der Waals surface area contributed by atoms with E-state index in [9.17, 15) is 22.8 Å². The topological polar surface area (TPSA) is 130 Å². The summed E-state index contributed by atoms with van der Waals surface area (Å²) in [7, 11) is -3.93. The third-order valence-corrected chi connectivity index (χ3v) is 3.54. The highest BCUT2D eigenvalue weighted by Crippen LogP contribution is 2.13. The molecule has 0 unspecified atom stereocenters. The minimum Gasteiger partial charge on any atom is -0.478 e. The van der Waals surface area contributed by atoms with Crippen molar-refractivity contribution in [3.8, 4) is 0 Å². The number of amides is 2. The van der Waals surface area contributed by atoms with Gasteiger partial charge in [-0.2, -0.15) is 0 Å². The summed E-state index contributed by atoms with van der Waals surface area (Å²) in [4.78, 5) is 32.2. The van der Waals surface area contributed by atoms with Crippen LogP contribution < -0.4 is 10.0 Å². The average Bonchev–Trinajstić information content (AvgIpc) is 2.35. The zero-order valence-corrected chi connectivity index (χ0v) is 11.7. The van der Waals surface area contributed by atoms with Gasteiger partial charge in [0.05, 0.1) is 4.90 Å². The number of anilines is 1. The van der Waals surface area contributed by atoms with Gasteiger partial charge in [0, 0.05) is 24.8 Å². The number of aliphatic carboxylic acids is 1. The fourth-order valence-corrected chi connectivity index (χ4v) is 2.29. The van der Waals surface area contributed by atoms with E-state index in [1.54, 1.807) is 4.72 Å². The van der Waals surface area contributed by atoms with Crippen LogP contribution in [0.1, 0.15) is 6.92 Å². The Morgan fingerprint density at radius 2 is 1.67 bits per heavy atom. The van der Waals surface area contributed by atoms with Crippen molar-refractivity contribution in [2.75, 3.05) is 5.32 Å². The average molecular weight is 312 g/mol. The largest absolute Gasteiger partial charge is 0.478 e. The number of carboxylic acids is 1. The molecule has 0 heterocycles. The molecule has 112 valence electrons. The van der Waals surface area contributed by atoms with E-state index >= 15 is 0 Å². The predicted molar refractivity (Wildman–Crippen MR) is 72.9 cm³/mol. The van der Waals surface area contributed by atoms with Crippen LogP contribution in [0.2, 0.25) is 0 Å². The zero-order valence-electron chi connectivity index (χ0n) is 10.9. The highest BCUT2D eigenvalue weighted by molar-refractivity contribution is 7.90. The molecular weight excluding hydrogens is 300 g/mol. The third kappa shape index (κ3) is 5.45. The van der Waals surface area contributed by atoms with Crippen molar-refractivity contribution in [2.24, 2.45) is 0 Å². The monoisotopic (exact) mass is 312 g/mol. The van der Waals surface area contributed by atoms with Crippen LogP contribution in [0, 0.1) is 0 Å². The first kappa shape index (κ1) is 16.4. The molecule has 1 aromatic rings. The van der Waals surface area contributed by atoms with Crippen molar-refractivity contribution in [1.82, 2.24) is 4.72 Å². The van der Waals surface area contributed by atoms with Crippen molar-refractivity contribution in [2.45, 2.75) is 11.8 Å². The second-order valence-corrected chi connectivity index (χ2v) is 5.53. The molecule has 8 nitrogen and oxygen atoms in total. The number of rotatable bonds is 5. The standard InChI is InChI=1S/C12H12N2O6S/c1-8(15)14-21(19,20)10-4-2-9(3-5-10)13-11(16)6-7-12(17)18/h2-7H,1H3,(H,13,16)(H,14,15)(H,17,18). The van der Waals surface area contributed by atoms with Gasteiger partial charge in [-0.05, 0) is 24.3 Å². The molecule has 0 aliphatic carbocycles. The van der Waals surface area contributed by atoms with Gasteiger partial charge in [-0.3, -0.25) is 9.59 Å². The zero-order chi connectivity index (χ0) is 16.0. The number of carboxylic acid groups (broad SMARTS) is 1. The number of carbonyl (C=O) groups is 3. The van der Waals surface area contributed by atoms with E-state index in [1.165, 1.54) is 24.3 Å². The number of nitrogens with one attached hydrogen (secondary N) is 2. The van der Waals surface area contributed by atoms with Gasteiger partial charge >= 0.3 is 5.97 Å². The Balaban J connectivity index is 2.81. The fraction of sp³-hybridized carbons (Fsp3) is 0.0833. The molecule has 0 aliphatic heterocycles. The Hall–Kier alpha value is -2.68. The van der Waals surface area contributed by atoms with Gasteiger partial charge in [-0.15, -0.1) is 0 Å². The first-order valence-corrected chi connectivity index (χ1v) is 7.04. The Bertz CT molecular complexity index is 691. The lowest BCUT2D eigenvalue weighted by atomic mass is 10.3. The van der Waals surface area contributed by atoms with Crippen LogP contribution in [0.25, 0.3) is 0 Å². The molecule has 0 radical (unpaired) electrons. The van der Waals surface area contributed by atoms with Gasteiger partial charge in [0.25, 0.3) is 10.0 Å². The molecule has 0 atom stereocenters. The van der Waals surface area contributed by atoms with Crippen LogP contribution in [0.5, 0.6) is 0 Å². The van der Waals surface area contributed by atoms with E-state index in [-0.39, 0.29) is 10.6 Å². The molecule has 21 heavy (non-hydrogen) atoms. The van der Waals surface area contributed by atoms with E-state index in [1.807, 2.05) is 0 Å². The molecule has 0 aromatic heterocycles. The molecule has 0 aliphatic rings. The third-order valence-electron chi connectivity index (χ3n) is 2.09. The Morgan fingerprint density at radius 1 is 1.10 bits per heavy atom. The molecule has 0 saturated carbocycles. The van der Waals surface area contributed by atoms with Gasteiger partial charge in [0.15, 0.2) is 0 Å². The van der Waals surface area contributed by atoms with E-state index in [4.69, 9.17) is 5.11 Å². The summed E-state index contributed by atoms with van der Waals surface area (Å²) in [5.41, 5.74) is 0.275. The molecule has 0 spiro atoms. The molecule has 2 amide bonds. The van der Waals surface area contributed by atoms with E-state index < -0.39 is 27.8 Å². The summed E-state index contributed by atoms with van der Waals surface area (Å²) in [6.45, 7) is 1.07. The first-order valence-electron chi connectivity index (χ1n) is 5.56. The summed E-state index contributed by atoms with van der Waals surface area (Å²) in [6.07, 6.45) is 1.50. The van der Waals surface area contributed by atoms with Crippen LogP contribution >= 0.6 is 0 Å². The van der Waals surface area contributed by atoms with Crippen molar-refractivity contribution < 1.29 is 27.9 Å². The second kappa shape index (κ2) is 6.66. The van der Waals surface area contributed by atoms with E-state index in [0.717, 1.165) is 13.0 Å². The Labute approximate surface area is 120 Å². The summed E-state index contributed by atoms with van der Waals surface area (Å²) in [5, 5.41) is 10.7. The SMILES string of the molecule is CC(=O)NS(=O)(=O)c1ccc(NC(=O)C=CC(=O)O)cc1. The quantitative estimate of drug-likeness (QED) is 0.661. The normalized spacial score (nSPS) is 11.1. The summed E-state index contributed by atoms with van der Waals surface area (Å²) < 4.78 is 25.1. The van der Waals surface area contributed by atoms with Crippen LogP contribution in [0.15, 0.2) is 41.3 Å². The second-order valence-electron chi connectivity index (χ2n) is 3.85. The summed E-state index contributed by atoms with van der Waals surface area (Å²) in [6, 6.07) is 5.01. The molecule has 9 heteroatoms. The molecule has 0 fully saturated rings. The highest BCUT2D eigenvalue weighted by atomic mass is 32.2. The van der Waals surface area contributed by atoms with Gasteiger partial charge in [0.2, 0.25) is 11.8 Å². The lowest BCUT2D eigenvalue weighted by molar-refractivity contribution is -0.131. The first-order chi connectivity index (χ1) is 9.70. The molecule has 3 N–H and O–H groups in total. The van der Waals surface area contributed by atoms with Gasteiger partial charge < -0.3 is 10.4 Å². The Morgan fingerprint density at radius 3 is 2.14 bits per heavy atom. The maximum absolute atomic E-state index is 11.7. The number of sulfonamides is 1. The minimum absolute atomic E-state index is 0.142. The molecule has 0 bridgehead atoms. The van der Waals surface area contributed by atoms with Crippen LogP contribution in [-0.2, 0) is 24.4 Å². The van der Waals surface area contributed by atoms with Gasteiger partial charge in [0.1, 0.15) is 0 Å². The van der Waals surface area contributed by atoms with Crippen molar-refractivity contribution in [3.63, 3.8) is 0 Å². The van der Waals surface area contributed by atoms with Crippen molar-refractivity contribution in [3.05, 3.63) is 36.4 Å². The van der Waals surface area contributed by atoms with E-state index in [0.29, 0.717) is 6.08 Å². The Kier molecular flexibility index (Phi) is 5.19. The molecular formula is C12H12N2O6S. The lowest BCUT2D eigenvalue weighted by Crippen LogP contribution is -2.28. The van der Waals surface area contributed by atoms with E-state index in [2.05, 4.69) is 5.32 Å².